The lowest BCUT2D eigenvalue weighted by molar-refractivity contribution is 0.0696. The lowest BCUT2D eigenvalue weighted by Gasteiger charge is -2.24. The van der Waals surface area contributed by atoms with E-state index in [1.807, 2.05) is 0 Å². The lowest BCUT2D eigenvalue weighted by Crippen LogP contribution is -2.35. The highest BCUT2D eigenvalue weighted by atomic mass is 32.2. The zero-order valence-corrected chi connectivity index (χ0v) is 12.2. The van der Waals surface area contributed by atoms with Gasteiger partial charge in [0.15, 0.2) is 11.6 Å². The first-order valence-corrected chi connectivity index (χ1v) is 7.89. The minimum Gasteiger partial charge on any atom is -0.478 e. The highest BCUT2D eigenvalue weighted by molar-refractivity contribution is 7.89. The summed E-state index contributed by atoms with van der Waals surface area (Å²) in [6.07, 6.45) is 3.05. The molecular formula is C13H15F2NO4S. The first-order chi connectivity index (χ1) is 9.75. The average molecular weight is 319 g/mol. The van der Waals surface area contributed by atoms with Crippen molar-refractivity contribution >= 4 is 16.0 Å². The van der Waals surface area contributed by atoms with Gasteiger partial charge in [0.05, 0.1) is 5.56 Å². The summed E-state index contributed by atoms with van der Waals surface area (Å²) in [5, 5.41) is 8.84. The van der Waals surface area contributed by atoms with Gasteiger partial charge in [-0.1, -0.05) is 12.8 Å². The van der Waals surface area contributed by atoms with E-state index in [-0.39, 0.29) is 6.04 Å². The van der Waals surface area contributed by atoms with E-state index >= 15 is 0 Å². The monoisotopic (exact) mass is 319 g/mol. The summed E-state index contributed by atoms with van der Waals surface area (Å²) in [6.45, 7) is 0. The number of carbonyl (C=O) groups is 1. The van der Waals surface area contributed by atoms with Crippen LogP contribution >= 0.6 is 0 Å². The summed E-state index contributed by atoms with van der Waals surface area (Å²) in [5.41, 5.74) is -0.604. The van der Waals surface area contributed by atoms with Crippen LogP contribution in [-0.2, 0) is 10.0 Å². The minimum atomic E-state index is -4.28. The van der Waals surface area contributed by atoms with Gasteiger partial charge in [0.25, 0.3) is 0 Å². The van der Waals surface area contributed by atoms with Crippen LogP contribution in [0.5, 0.6) is 0 Å². The fourth-order valence-electron chi connectivity index (χ4n) is 2.49. The van der Waals surface area contributed by atoms with Gasteiger partial charge in [-0.15, -0.1) is 0 Å². The van der Waals surface area contributed by atoms with Gasteiger partial charge in [0, 0.05) is 13.1 Å². The van der Waals surface area contributed by atoms with Crippen molar-refractivity contribution in [1.82, 2.24) is 4.31 Å². The number of hydrogen-bond donors (Lipinski definition) is 1. The van der Waals surface area contributed by atoms with Crippen molar-refractivity contribution in [1.29, 1.82) is 0 Å². The molecule has 1 aliphatic rings. The summed E-state index contributed by atoms with van der Waals surface area (Å²) < 4.78 is 53.1. The van der Waals surface area contributed by atoms with Crippen molar-refractivity contribution in [3.05, 3.63) is 29.3 Å². The molecule has 0 atom stereocenters. The zero-order chi connectivity index (χ0) is 15.8. The first kappa shape index (κ1) is 15.8. The molecule has 0 saturated heterocycles. The lowest BCUT2D eigenvalue weighted by atomic mass is 10.2. The fourth-order valence-corrected chi connectivity index (χ4v) is 4.01. The van der Waals surface area contributed by atoms with Gasteiger partial charge in [-0.25, -0.2) is 22.0 Å². The van der Waals surface area contributed by atoms with Crippen LogP contribution in [0.25, 0.3) is 0 Å². The largest absolute Gasteiger partial charge is 0.478 e. The molecule has 0 radical (unpaired) electrons. The quantitative estimate of drug-likeness (QED) is 0.923. The van der Waals surface area contributed by atoms with Gasteiger partial charge in [0.1, 0.15) is 4.90 Å². The third-order valence-electron chi connectivity index (χ3n) is 3.74. The zero-order valence-electron chi connectivity index (χ0n) is 11.3. The third-order valence-corrected chi connectivity index (χ3v) is 5.65. The van der Waals surface area contributed by atoms with Crippen LogP contribution < -0.4 is 0 Å². The average Bonchev–Trinajstić information content (AvgIpc) is 2.94. The van der Waals surface area contributed by atoms with Crippen LogP contribution in [0.1, 0.15) is 36.0 Å². The second-order valence-corrected chi connectivity index (χ2v) is 7.00. The molecule has 116 valence electrons. The fraction of sp³-hybridized carbons (Fsp3) is 0.462. The molecule has 0 heterocycles. The number of hydrogen-bond acceptors (Lipinski definition) is 3. The topological polar surface area (TPSA) is 74.7 Å². The molecule has 0 amide bonds. The normalized spacial score (nSPS) is 16.6. The molecule has 1 fully saturated rings. The highest BCUT2D eigenvalue weighted by Gasteiger charge is 2.33. The molecule has 0 unspecified atom stereocenters. The molecule has 0 bridgehead atoms. The SMILES string of the molecule is CN(C1CCCC1)S(=O)(=O)c1cc(C(=O)O)cc(F)c1F. The molecule has 1 aromatic rings. The maximum atomic E-state index is 13.8. The van der Waals surface area contributed by atoms with Gasteiger partial charge in [0.2, 0.25) is 10.0 Å². The van der Waals surface area contributed by atoms with Gasteiger partial charge in [-0.2, -0.15) is 4.31 Å². The predicted molar refractivity (Wildman–Crippen MR) is 70.5 cm³/mol. The predicted octanol–water partition coefficient (Wildman–Crippen LogP) is 2.23. The van der Waals surface area contributed by atoms with Crippen LogP contribution in [-0.4, -0.2) is 36.9 Å². The molecule has 0 aliphatic heterocycles. The van der Waals surface area contributed by atoms with Crippen molar-refractivity contribution in [3.8, 4) is 0 Å². The number of benzene rings is 1. The number of carboxylic acids is 1. The van der Waals surface area contributed by atoms with E-state index in [9.17, 15) is 22.0 Å². The Balaban J connectivity index is 2.50. The maximum Gasteiger partial charge on any atom is 0.335 e. The second-order valence-electron chi connectivity index (χ2n) is 5.03. The Morgan fingerprint density at radius 1 is 1.29 bits per heavy atom. The van der Waals surface area contributed by atoms with Crippen LogP contribution in [0.3, 0.4) is 0 Å². The summed E-state index contributed by atoms with van der Waals surface area (Å²) >= 11 is 0. The number of rotatable bonds is 4. The first-order valence-electron chi connectivity index (χ1n) is 6.45. The number of nitrogens with zero attached hydrogens (tertiary/aromatic N) is 1. The molecular weight excluding hydrogens is 304 g/mol. The van der Waals surface area contributed by atoms with Gasteiger partial charge in [-0.3, -0.25) is 0 Å². The Hall–Kier alpha value is -1.54. The number of halogens is 2. The minimum absolute atomic E-state index is 0.272. The van der Waals surface area contributed by atoms with E-state index in [4.69, 9.17) is 5.11 Å². The highest BCUT2D eigenvalue weighted by Crippen LogP contribution is 2.29. The van der Waals surface area contributed by atoms with E-state index < -0.39 is 38.1 Å². The third kappa shape index (κ3) is 2.91. The standard InChI is InChI=1S/C13H15F2NO4S/c1-16(9-4-2-3-5-9)21(19,20)11-7-8(13(17)18)6-10(14)12(11)15/h6-7,9H,2-5H2,1H3,(H,17,18). The molecule has 1 N–H and O–H groups in total. The number of sulfonamides is 1. The van der Waals surface area contributed by atoms with Gasteiger partial charge >= 0.3 is 5.97 Å². The van der Waals surface area contributed by atoms with Crippen molar-refractivity contribution < 1.29 is 27.1 Å². The van der Waals surface area contributed by atoms with Crippen LogP contribution in [0.2, 0.25) is 0 Å². The maximum absolute atomic E-state index is 13.8. The summed E-state index contributed by atoms with van der Waals surface area (Å²) in [6, 6.07) is 0.847. The molecule has 0 spiro atoms. The van der Waals surface area contributed by atoms with E-state index in [2.05, 4.69) is 0 Å². The van der Waals surface area contributed by atoms with Crippen molar-refractivity contribution in [3.63, 3.8) is 0 Å². The van der Waals surface area contributed by atoms with Gasteiger partial charge in [-0.05, 0) is 25.0 Å². The summed E-state index contributed by atoms with van der Waals surface area (Å²) in [5.74, 6) is -4.56. The Labute approximate surface area is 121 Å². The number of carboxylic acid groups (broad SMARTS) is 1. The van der Waals surface area contributed by atoms with Gasteiger partial charge < -0.3 is 5.11 Å². The Bertz CT molecular complexity index is 669. The van der Waals surface area contributed by atoms with Crippen LogP contribution in [0.4, 0.5) is 8.78 Å². The molecule has 8 heteroatoms. The molecule has 21 heavy (non-hydrogen) atoms. The Kier molecular flexibility index (Phi) is 4.29. The van der Waals surface area contributed by atoms with E-state index in [1.165, 1.54) is 7.05 Å². The molecule has 1 aliphatic carbocycles. The number of aromatic carboxylic acids is 1. The van der Waals surface area contributed by atoms with E-state index in [0.29, 0.717) is 25.0 Å². The molecule has 5 nitrogen and oxygen atoms in total. The Morgan fingerprint density at radius 3 is 2.38 bits per heavy atom. The molecule has 2 rings (SSSR count). The second kappa shape index (κ2) is 5.69. The van der Waals surface area contributed by atoms with E-state index in [0.717, 1.165) is 17.1 Å². The van der Waals surface area contributed by atoms with Crippen molar-refractivity contribution in [2.45, 2.75) is 36.6 Å². The van der Waals surface area contributed by atoms with Crippen LogP contribution in [0.15, 0.2) is 17.0 Å². The Morgan fingerprint density at radius 2 is 1.86 bits per heavy atom. The van der Waals surface area contributed by atoms with Crippen molar-refractivity contribution in [2.24, 2.45) is 0 Å². The summed E-state index contributed by atoms with van der Waals surface area (Å²) in [7, 11) is -2.97. The molecule has 0 aromatic heterocycles. The van der Waals surface area contributed by atoms with E-state index in [1.54, 1.807) is 0 Å². The molecule has 1 aromatic carbocycles. The smallest absolute Gasteiger partial charge is 0.335 e. The summed E-state index contributed by atoms with van der Waals surface area (Å²) in [4.78, 5) is 9.94. The van der Waals surface area contributed by atoms with Crippen molar-refractivity contribution in [2.75, 3.05) is 7.05 Å². The molecule has 1 saturated carbocycles. The van der Waals surface area contributed by atoms with Crippen LogP contribution in [0, 0.1) is 11.6 Å².